The predicted molar refractivity (Wildman–Crippen MR) is 84.2 cm³/mol. The first-order valence-corrected chi connectivity index (χ1v) is 6.68. The molecule has 0 saturated carbocycles. The van der Waals surface area contributed by atoms with E-state index in [2.05, 4.69) is 37.3 Å². The summed E-state index contributed by atoms with van der Waals surface area (Å²) in [5.41, 5.74) is 7.47. The minimum Gasteiger partial charge on any atom is -0.494 e. The number of fused-ring (bicyclic) bond motifs is 1. The number of nitrogens with two attached hydrogens (primary N) is 1. The quantitative estimate of drug-likeness (QED) is 0.877. The molecule has 2 aromatic carbocycles. The van der Waals surface area contributed by atoms with E-state index in [4.69, 9.17) is 10.5 Å². The fourth-order valence-electron chi connectivity index (χ4n) is 2.39. The third kappa shape index (κ3) is 3.40. The van der Waals surface area contributed by atoms with E-state index < -0.39 is 0 Å². The van der Waals surface area contributed by atoms with Crippen LogP contribution in [0.2, 0.25) is 0 Å². The molecule has 0 unspecified atom stereocenters. The van der Waals surface area contributed by atoms with Gasteiger partial charge in [-0.3, -0.25) is 0 Å². The van der Waals surface area contributed by atoms with Crippen molar-refractivity contribution in [3.8, 4) is 5.75 Å². The maximum Gasteiger partial charge on any atom is 0.124 e. The average molecular weight is 280 g/mol. The molecule has 2 nitrogen and oxygen atoms in total. The molecule has 0 bridgehead atoms. The maximum absolute atomic E-state index is 6.32. The van der Waals surface area contributed by atoms with Crippen LogP contribution in [0, 0.1) is 0 Å². The Morgan fingerprint density at radius 3 is 2.53 bits per heavy atom. The minimum atomic E-state index is 0. The molecule has 2 aromatic rings. The van der Waals surface area contributed by atoms with E-state index in [0.717, 1.165) is 24.2 Å². The van der Waals surface area contributed by atoms with Crippen LogP contribution in [0.3, 0.4) is 0 Å². The molecular weight excluding hydrogens is 258 g/mol. The van der Waals surface area contributed by atoms with Crippen molar-refractivity contribution < 1.29 is 4.74 Å². The van der Waals surface area contributed by atoms with Gasteiger partial charge in [-0.15, -0.1) is 12.4 Å². The summed E-state index contributed by atoms with van der Waals surface area (Å²) in [6, 6.07) is 12.5. The lowest BCUT2D eigenvalue weighted by Crippen LogP contribution is -2.12. The zero-order valence-electron chi connectivity index (χ0n) is 11.6. The van der Waals surface area contributed by atoms with Crippen molar-refractivity contribution in [1.29, 1.82) is 0 Å². The highest BCUT2D eigenvalue weighted by Crippen LogP contribution is 2.33. The van der Waals surface area contributed by atoms with E-state index in [9.17, 15) is 0 Å². The Morgan fingerprint density at radius 1 is 1.11 bits per heavy atom. The molecule has 0 aliphatic heterocycles. The van der Waals surface area contributed by atoms with Crippen molar-refractivity contribution in [1.82, 2.24) is 0 Å². The Balaban J connectivity index is 0.00000180. The molecule has 1 atom stereocenters. The second kappa shape index (κ2) is 7.37. The summed E-state index contributed by atoms with van der Waals surface area (Å²) in [6.45, 7) is 4.83. The summed E-state index contributed by atoms with van der Waals surface area (Å²) in [5, 5.41) is 2.44. The van der Waals surface area contributed by atoms with Crippen molar-refractivity contribution >= 4 is 23.2 Å². The molecule has 19 heavy (non-hydrogen) atoms. The smallest absolute Gasteiger partial charge is 0.124 e. The Bertz CT molecular complexity index is 527. The summed E-state index contributed by atoms with van der Waals surface area (Å²) in [4.78, 5) is 0. The van der Waals surface area contributed by atoms with Crippen LogP contribution in [0.1, 0.15) is 38.3 Å². The topological polar surface area (TPSA) is 35.2 Å². The van der Waals surface area contributed by atoms with Gasteiger partial charge in [0, 0.05) is 11.6 Å². The molecule has 0 radical (unpaired) electrons. The number of hydrogen-bond donors (Lipinski definition) is 1. The minimum absolute atomic E-state index is 0. The lowest BCUT2D eigenvalue weighted by Gasteiger charge is -2.18. The van der Waals surface area contributed by atoms with E-state index in [-0.39, 0.29) is 18.4 Å². The van der Waals surface area contributed by atoms with Crippen molar-refractivity contribution in [3.63, 3.8) is 0 Å². The van der Waals surface area contributed by atoms with Crippen LogP contribution in [0.25, 0.3) is 10.8 Å². The summed E-state index contributed by atoms with van der Waals surface area (Å²) < 4.78 is 5.73. The Hall–Kier alpha value is -1.25. The first kappa shape index (κ1) is 15.8. The first-order chi connectivity index (χ1) is 8.77. The van der Waals surface area contributed by atoms with Crippen LogP contribution < -0.4 is 10.5 Å². The largest absolute Gasteiger partial charge is 0.494 e. The van der Waals surface area contributed by atoms with Gasteiger partial charge in [-0.2, -0.15) is 0 Å². The van der Waals surface area contributed by atoms with Gasteiger partial charge in [-0.25, -0.2) is 0 Å². The highest BCUT2D eigenvalue weighted by molar-refractivity contribution is 5.88. The molecule has 0 spiro atoms. The van der Waals surface area contributed by atoms with Crippen molar-refractivity contribution in [2.75, 3.05) is 6.61 Å². The lowest BCUT2D eigenvalue weighted by molar-refractivity contribution is 0.334. The van der Waals surface area contributed by atoms with Crippen LogP contribution in [0.5, 0.6) is 5.75 Å². The van der Waals surface area contributed by atoms with Gasteiger partial charge in [0.25, 0.3) is 0 Å². The molecule has 0 aliphatic rings. The van der Waals surface area contributed by atoms with E-state index in [1.54, 1.807) is 0 Å². The van der Waals surface area contributed by atoms with Crippen LogP contribution in [0.15, 0.2) is 36.4 Å². The van der Waals surface area contributed by atoms with Crippen molar-refractivity contribution in [2.24, 2.45) is 5.73 Å². The molecule has 0 heterocycles. The summed E-state index contributed by atoms with van der Waals surface area (Å²) in [6.07, 6.45) is 2.06. The zero-order valence-corrected chi connectivity index (χ0v) is 12.4. The zero-order chi connectivity index (χ0) is 13.0. The molecule has 104 valence electrons. The SMILES string of the molecule is CCC[C@H](N)c1c(OCC)ccc2ccccc12.Cl. The average Bonchev–Trinajstić information content (AvgIpc) is 2.39. The number of ether oxygens (including phenoxy) is 1. The summed E-state index contributed by atoms with van der Waals surface area (Å²) >= 11 is 0. The summed E-state index contributed by atoms with van der Waals surface area (Å²) in [5.74, 6) is 0.928. The molecule has 2 N–H and O–H groups in total. The molecule has 0 amide bonds. The normalized spacial score (nSPS) is 11.9. The number of benzene rings is 2. The fraction of sp³-hybridized carbons (Fsp3) is 0.375. The number of halogens is 1. The monoisotopic (exact) mass is 279 g/mol. The van der Waals surface area contributed by atoms with Crippen LogP contribution in [0.4, 0.5) is 0 Å². The van der Waals surface area contributed by atoms with E-state index in [1.165, 1.54) is 10.8 Å². The first-order valence-electron chi connectivity index (χ1n) is 6.68. The van der Waals surface area contributed by atoms with Gasteiger partial charge in [0.05, 0.1) is 6.61 Å². The van der Waals surface area contributed by atoms with Gasteiger partial charge in [-0.1, -0.05) is 43.7 Å². The van der Waals surface area contributed by atoms with Crippen LogP contribution in [-0.4, -0.2) is 6.61 Å². The second-order valence-electron chi connectivity index (χ2n) is 4.53. The van der Waals surface area contributed by atoms with Gasteiger partial charge in [0.2, 0.25) is 0 Å². The molecule has 0 saturated heterocycles. The molecule has 2 rings (SSSR count). The van der Waals surface area contributed by atoms with Crippen molar-refractivity contribution in [3.05, 3.63) is 42.0 Å². The van der Waals surface area contributed by atoms with Gasteiger partial charge in [-0.05, 0) is 30.2 Å². The maximum atomic E-state index is 6.32. The van der Waals surface area contributed by atoms with Crippen LogP contribution >= 0.6 is 12.4 Å². The number of hydrogen-bond acceptors (Lipinski definition) is 2. The van der Waals surface area contributed by atoms with Crippen molar-refractivity contribution in [2.45, 2.75) is 32.7 Å². The fourth-order valence-corrected chi connectivity index (χ4v) is 2.39. The number of rotatable bonds is 5. The molecule has 0 fully saturated rings. The van der Waals surface area contributed by atoms with Gasteiger partial charge < -0.3 is 10.5 Å². The van der Waals surface area contributed by atoms with E-state index in [0.29, 0.717) is 6.61 Å². The van der Waals surface area contributed by atoms with Gasteiger partial charge in [0.1, 0.15) is 5.75 Å². The standard InChI is InChI=1S/C16H21NO.ClH/c1-3-7-14(17)16-13-9-6-5-8-12(13)10-11-15(16)18-4-2;/h5-6,8-11,14H,3-4,7,17H2,1-2H3;1H/t14-;/m0./s1. The predicted octanol–water partition coefficient (Wildman–Crippen LogP) is 4.46. The molecule has 0 aromatic heterocycles. The molecule has 3 heteroatoms. The third-order valence-corrected chi connectivity index (χ3v) is 3.20. The Labute approximate surface area is 121 Å². The van der Waals surface area contributed by atoms with E-state index >= 15 is 0 Å². The lowest BCUT2D eigenvalue weighted by atomic mass is 9.95. The Kier molecular flexibility index (Phi) is 6.13. The summed E-state index contributed by atoms with van der Waals surface area (Å²) in [7, 11) is 0. The van der Waals surface area contributed by atoms with Gasteiger partial charge >= 0.3 is 0 Å². The second-order valence-corrected chi connectivity index (χ2v) is 4.53. The van der Waals surface area contributed by atoms with E-state index in [1.807, 2.05) is 13.0 Å². The highest BCUT2D eigenvalue weighted by atomic mass is 35.5. The Morgan fingerprint density at radius 2 is 1.84 bits per heavy atom. The third-order valence-electron chi connectivity index (χ3n) is 3.20. The molecule has 0 aliphatic carbocycles. The van der Waals surface area contributed by atoms with Gasteiger partial charge in [0.15, 0.2) is 0 Å². The highest BCUT2D eigenvalue weighted by Gasteiger charge is 2.15. The molecular formula is C16H22ClNO. The van der Waals surface area contributed by atoms with Crippen LogP contribution in [-0.2, 0) is 0 Å².